The molecule has 1 amide bonds. The maximum absolute atomic E-state index is 13.9. The van der Waals surface area contributed by atoms with Crippen molar-refractivity contribution in [3.8, 4) is 28.3 Å². The summed E-state index contributed by atoms with van der Waals surface area (Å²) in [5.74, 6) is 1.08. The number of nitrogens with one attached hydrogen (secondary N) is 1. The van der Waals surface area contributed by atoms with Gasteiger partial charge in [0.1, 0.15) is 24.3 Å². The van der Waals surface area contributed by atoms with E-state index in [1.54, 1.807) is 4.90 Å². The Morgan fingerprint density at radius 2 is 1.98 bits per heavy atom. The molecule has 1 saturated heterocycles. The van der Waals surface area contributed by atoms with Crippen LogP contribution in [-0.4, -0.2) is 73.9 Å². The Bertz CT molecular complexity index is 1870. The highest BCUT2D eigenvalue weighted by molar-refractivity contribution is 6.09. The normalized spacial score (nSPS) is 19.2. The first-order chi connectivity index (χ1) is 21.6. The predicted octanol–water partition coefficient (Wildman–Crippen LogP) is 5.16. The van der Waals surface area contributed by atoms with Gasteiger partial charge in [-0.3, -0.25) is 9.48 Å². The molecular formula is C34H35N7O3. The maximum Gasteiger partial charge on any atom is 0.262 e. The Morgan fingerprint density at radius 3 is 2.82 bits per heavy atom. The Morgan fingerprint density at radius 1 is 1.07 bits per heavy atom. The predicted molar refractivity (Wildman–Crippen MR) is 168 cm³/mol. The third-order valence-electron chi connectivity index (χ3n) is 9.27. The largest absolute Gasteiger partial charge is 0.491 e. The number of aromatic amines is 1. The van der Waals surface area contributed by atoms with Crippen LogP contribution in [0, 0.1) is 0 Å². The molecular weight excluding hydrogens is 554 g/mol. The molecule has 2 aliphatic heterocycles. The number of aliphatic hydroxyl groups excluding tert-OH is 1. The van der Waals surface area contributed by atoms with Gasteiger partial charge in [0, 0.05) is 34.8 Å². The Balaban J connectivity index is 1.15. The topological polar surface area (TPSA) is 112 Å². The van der Waals surface area contributed by atoms with E-state index in [1.807, 2.05) is 48.7 Å². The van der Waals surface area contributed by atoms with Gasteiger partial charge in [0.05, 0.1) is 48.0 Å². The van der Waals surface area contributed by atoms with Crippen LogP contribution in [0.15, 0.2) is 61.2 Å². The van der Waals surface area contributed by atoms with Crippen LogP contribution in [0.3, 0.4) is 0 Å². The highest BCUT2D eigenvalue weighted by Gasteiger charge is 2.30. The summed E-state index contributed by atoms with van der Waals surface area (Å²) in [4.78, 5) is 30.6. The second kappa shape index (κ2) is 10.9. The molecule has 5 aromatic rings. The zero-order chi connectivity index (χ0) is 29.8. The van der Waals surface area contributed by atoms with Crippen LogP contribution in [0.1, 0.15) is 59.1 Å². The van der Waals surface area contributed by atoms with E-state index in [1.165, 1.54) is 24.7 Å². The van der Waals surface area contributed by atoms with Crippen LogP contribution in [0.25, 0.3) is 33.5 Å². The summed E-state index contributed by atoms with van der Waals surface area (Å²) in [6, 6.07) is 14.1. The van der Waals surface area contributed by atoms with Gasteiger partial charge in [-0.2, -0.15) is 5.10 Å². The highest BCUT2D eigenvalue weighted by atomic mass is 16.5. The molecule has 0 unspecified atom stereocenters. The number of fused-ring (bicyclic) bond motifs is 2. The van der Waals surface area contributed by atoms with E-state index in [4.69, 9.17) is 9.84 Å². The summed E-state index contributed by atoms with van der Waals surface area (Å²) in [6.45, 7) is 2.60. The molecule has 3 aromatic heterocycles. The third-order valence-corrected chi connectivity index (χ3v) is 9.27. The molecule has 1 atom stereocenters. The molecule has 5 heterocycles. The number of aromatic nitrogens is 5. The second-order valence-corrected chi connectivity index (χ2v) is 12.2. The van der Waals surface area contributed by atoms with E-state index in [0.717, 1.165) is 48.1 Å². The fraction of sp³-hybridized carbons (Fsp3) is 0.353. The van der Waals surface area contributed by atoms with E-state index in [-0.39, 0.29) is 12.5 Å². The minimum atomic E-state index is -0.255. The molecule has 224 valence electrons. The van der Waals surface area contributed by atoms with Gasteiger partial charge in [-0.1, -0.05) is 18.2 Å². The summed E-state index contributed by atoms with van der Waals surface area (Å²) >= 11 is 0. The van der Waals surface area contributed by atoms with Gasteiger partial charge in [0.15, 0.2) is 0 Å². The number of likely N-dealkylation sites (N-methyl/N-ethyl adjacent to an activating group) is 1. The minimum absolute atomic E-state index is 0.135. The van der Waals surface area contributed by atoms with E-state index in [0.29, 0.717) is 59.0 Å². The van der Waals surface area contributed by atoms with Crippen molar-refractivity contribution in [1.82, 2.24) is 29.6 Å². The SMILES string of the molecule is CN1CCC[C@@H](n2cc(-c3cc4c(-c5cccc(N6CCOc7cc(C8CC8)ccc7C6=O)c5CO)ncnc4[nH]3)cn2)C1. The lowest BCUT2D eigenvalue weighted by molar-refractivity contribution is 0.0989. The fourth-order valence-electron chi connectivity index (χ4n) is 6.79. The van der Waals surface area contributed by atoms with E-state index >= 15 is 0 Å². The van der Waals surface area contributed by atoms with Crippen molar-refractivity contribution in [3.63, 3.8) is 0 Å². The summed E-state index contributed by atoms with van der Waals surface area (Å²) in [7, 11) is 2.16. The first-order valence-electron chi connectivity index (χ1n) is 15.5. The number of amides is 1. The highest BCUT2D eigenvalue weighted by Crippen LogP contribution is 2.43. The van der Waals surface area contributed by atoms with Crippen LogP contribution in [0.4, 0.5) is 5.69 Å². The monoisotopic (exact) mass is 589 g/mol. The number of carbonyl (C=O) groups is 1. The lowest BCUT2D eigenvalue weighted by atomic mass is 9.99. The van der Waals surface area contributed by atoms with Crippen LogP contribution in [0.2, 0.25) is 0 Å². The van der Waals surface area contributed by atoms with Crippen molar-refractivity contribution in [2.24, 2.45) is 0 Å². The van der Waals surface area contributed by atoms with E-state index in [9.17, 15) is 9.90 Å². The molecule has 3 aliphatic rings. The lowest BCUT2D eigenvalue weighted by Crippen LogP contribution is -2.33. The van der Waals surface area contributed by atoms with Crippen molar-refractivity contribution in [2.45, 2.75) is 44.2 Å². The standard InChI is InChI=1S/C34H35N7O3/c1-39-11-3-4-24(18-39)41-17-23(16-37-41)29-15-27-32(35-20-36-33(27)38-29)25-5-2-6-30(28(25)19-42)40-12-13-44-31-14-22(21-7-8-21)9-10-26(31)34(40)43/h2,5-6,9-10,14-17,20-21,24,42H,3-4,7-8,11-13,18-19H2,1H3,(H,35,36,38)/t24-/m1/s1. The average molecular weight is 590 g/mol. The number of likely N-dealkylation sites (tertiary alicyclic amines) is 1. The first kappa shape index (κ1) is 27.0. The molecule has 44 heavy (non-hydrogen) atoms. The zero-order valence-corrected chi connectivity index (χ0v) is 24.7. The molecule has 0 spiro atoms. The van der Waals surface area contributed by atoms with Crippen molar-refractivity contribution < 1.29 is 14.6 Å². The molecule has 2 fully saturated rings. The summed E-state index contributed by atoms with van der Waals surface area (Å²) in [6.07, 6.45) is 10.2. The number of ether oxygens (including phenoxy) is 1. The van der Waals surface area contributed by atoms with Gasteiger partial charge in [-0.15, -0.1) is 0 Å². The smallest absolute Gasteiger partial charge is 0.262 e. The van der Waals surface area contributed by atoms with Crippen LogP contribution < -0.4 is 9.64 Å². The summed E-state index contributed by atoms with van der Waals surface area (Å²) in [5.41, 5.74) is 7.10. The van der Waals surface area contributed by atoms with Crippen LogP contribution in [-0.2, 0) is 6.61 Å². The molecule has 2 N–H and O–H groups in total. The van der Waals surface area contributed by atoms with Crippen molar-refractivity contribution in [1.29, 1.82) is 0 Å². The first-order valence-corrected chi connectivity index (χ1v) is 15.5. The van der Waals surface area contributed by atoms with Crippen LogP contribution >= 0.6 is 0 Å². The van der Waals surface area contributed by atoms with E-state index < -0.39 is 0 Å². The summed E-state index contributed by atoms with van der Waals surface area (Å²) in [5, 5.41) is 16.2. The van der Waals surface area contributed by atoms with Gasteiger partial charge in [0.25, 0.3) is 5.91 Å². The minimum Gasteiger partial charge on any atom is -0.491 e. The van der Waals surface area contributed by atoms with Gasteiger partial charge in [0.2, 0.25) is 0 Å². The Labute approximate surface area is 255 Å². The van der Waals surface area contributed by atoms with Crippen LogP contribution in [0.5, 0.6) is 5.75 Å². The molecule has 2 aromatic carbocycles. The number of anilines is 1. The maximum atomic E-state index is 13.9. The number of H-pyrrole nitrogens is 1. The Hall–Kier alpha value is -4.54. The van der Waals surface area contributed by atoms with Gasteiger partial charge >= 0.3 is 0 Å². The van der Waals surface area contributed by atoms with E-state index in [2.05, 4.69) is 37.8 Å². The number of rotatable bonds is 6. The third kappa shape index (κ3) is 4.74. The van der Waals surface area contributed by atoms with Crippen molar-refractivity contribution in [3.05, 3.63) is 77.9 Å². The van der Waals surface area contributed by atoms with Crippen molar-refractivity contribution in [2.75, 3.05) is 38.2 Å². The summed E-state index contributed by atoms with van der Waals surface area (Å²) < 4.78 is 8.14. The molecule has 0 bridgehead atoms. The Kier molecular flexibility index (Phi) is 6.68. The number of carbonyl (C=O) groups excluding carboxylic acids is 1. The average Bonchev–Trinajstić information content (AvgIpc) is 3.65. The fourth-order valence-corrected chi connectivity index (χ4v) is 6.79. The van der Waals surface area contributed by atoms with Gasteiger partial charge in [-0.25, -0.2) is 9.97 Å². The second-order valence-electron chi connectivity index (χ2n) is 12.2. The number of nitrogens with zero attached hydrogens (tertiary/aromatic N) is 6. The number of aliphatic hydroxyl groups is 1. The number of piperidine rings is 1. The molecule has 8 rings (SSSR count). The molecule has 1 aliphatic carbocycles. The number of hydrogen-bond acceptors (Lipinski definition) is 7. The zero-order valence-electron chi connectivity index (χ0n) is 24.7. The number of hydrogen-bond donors (Lipinski definition) is 2. The molecule has 0 radical (unpaired) electrons. The lowest BCUT2D eigenvalue weighted by Gasteiger charge is -2.29. The van der Waals surface area contributed by atoms with Crippen molar-refractivity contribution >= 4 is 22.6 Å². The quantitative estimate of drug-likeness (QED) is 0.281. The molecule has 1 saturated carbocycles. The molecule has 10 heteroatoms. The van der Waals surface area contributed by atoms with Gasteiger partial charge < -0.3 is 24.6 Å². The molecule has 10 nitrogen and oxygen atoms in total. The number of benzene rings is 2. The van der Waals surface area contributed by atoms with Gasteiger partial charge in [-0.05, 0) is 75.0 Å².